The van der Waals surface area contributed by atoms with Gasteiger partial charge in [0.2, 0.25) is 5.91 Å². The van der Waals surface area contributed by atoms with Gasteiger partial charge in [0.15, 0.2) is 0 Å². The molecule has 1 saturated heterocycles. The largest absolute Gasteiger partial charge is 0.393 e. The normalized spacial score (nSPS) is 43.5. The zero-order valence-electron chi connectivity index (χ0n) is 22.1. The summed E-state index contributed by atoms with van der Waals surface area (Å²) in [5, 5.41) is 10.3. The van der Waals surface area contributed by atoms with Gasteiger partial charge in [0.05, 0.1) is 6.10 Å². The maximum Gasteiger partial charge on any atom is 0.222 e. The van der Waals surface area contributed by atoms with Crippen LogP contribution >= 0.6 is 0 Å². The second kappa shape index (κ2) is 9.54. The van der Waals surface area contributed by atoms with Crippen molar-refractivity contribution in [3.63, 3.8) is 0 Å². The minimum absolute atomic E-state index is 0.115. The molecular formula is C30H50N2O2. The number of carbonyl (C=O) groups excluding carboxylic acids is 1. The number of hydrogen-bond acceptors (Lipinski definition) is 3. The van der Waals surface area contributed by atoms with E-state index in [0.717, 1.165) is 81.8 Å². The van der Waals surface area contributed by atoms with Crippen LogP contribution in [0.1, 0.15) is 97.8 Å². The predicted octanol–water partition coefficient (Wildman–Crippen LogP) is 5.54. The SMILES string of the molecule is C[C@H](CCC(=O)N1CCC(CN)CC1)[C@H]1CC[C@H]2[C@@H]3CC=C4C[C@@H](O)CC[C@]4(C)[C@H]3CC[C@]12C. The van der Waals surface area contributed by atoms with Crippen LogP contribution in [-0.4, -0.2) is 41.7 Å². The van der Waals surface area contributed by atoms with Crippen molar-refractivity contribution in [3.05, 3.63) is 11.6 Å². The van der Waals surface area contributed by atoms with Crippen LogP contribution in [0.5, 0.6) is 0 Å². The number of aliphatic hydroxyl groups excluding tert-OH is 1. The standard InChI is InChI=1S/C30H50N2O2/c1-20(4-9-28(34)32-16-12-21(19-31)13-17-32)25-7-8-26-24-6-5-22-18-23(33)10-14-29(22,2)27(24)11-15-30(25,26)3/h5,20-21,23-27,33H,4,6-19,31H2,1-3H3/t20-,23+,24+,25-,26+,27+,29+,30-/m1/s1. The molecule has 4 nitrogen and oxygen atoms in total. The molecule has 0 aromatic carbocycles. The fourth-order valence-corrected chi connectivity index (χ4v) is 9.75. The van der Waals surface area contributed by atoms with E-state index in [1.54, 1.807) is 5.57 Å². The molecule has 3 saturated carbocycles. The third-order valence-electron chi connectivity index (χ3n) is 12.0. The van der Waals surface area contributed by atoms with Gasteiger partial charge in [0.25, 0.3) is 0 Å². The molecule has 0 aromatic rings. The minimum Gasteiger partial charge on any atom is -0.393 e. The Balaban J connectivity index is 1.21. The van der Waals surface area contributed by atoms with E-state index in [1.165, 1.54) is 38.5 Å². The summed E-state index contributed by atoms with van der Waals surface area (Å²) in [7, 11) is 0. The molecule has 34 heavy (non-hydrogen) atoms. The average molecular weight is 471 g/mol. The molecule has 192 valence electrons. The summed E-state index contributed by atoms with van der Waals surface area (Å²) in [4.78, 5) is 15.0. The predicted molar refractivity (Wildman–Crippen MR) is 138 cm³/mol. The molecule has 4 fully saturated rings. The maximum atomic E-state index is 12.9. The second-order valence-electron chi connectivity index (χ2n) is 13.5. The molecule has 0 spiro atoms. The summed E-state index contributed by atoms with van der Waals surface area (Å²) in [6.07, 6.45) is 16.2. The second-order valence-corrected chi connectivity index (χ2v) is 13.5. The summed E-state index contributed by atoms with van der Waals surface area (Å²) >= 11 is 0. The summed E-state index contributed by atoms with van der Waals surface area (Å²) in [5.41, 5.74) is 8.18. The van der Waals surface area contributed by atoms with Crippen molar-refractivity contribution in [2.45, 2.75) is 104 Å². The zero-order chi connectivity index (χ0) is 24.1. The Bertz CT molecular complexity index is 787. The number of hydrogen-bond donors (Lipinski definition) is 2. The van der Waals surface area contributed by atoms with Crippen molar-refractivity contribution in [2.24, 2.45) is 52.1 Å². The molecule has 8 atom stereocenters. The van der Waals surface area contributed by atoms with Crippen LogP contribution in [0, 0.1) is 46.3 Å². The number of fused-ring (bicyclic) bond motifs is 5. The highest BCUT2D eigenvalue weighted by atomic mass is 16.3. The first-order valence-electron chi connectivity index (χ1n) is 14.6. The van der Waals surface area contributed by atoms with E-state index in [0.29, 0.717) is 28.6 Å². The molecule has 4 heteroatoms. The van der Waals surface area contributed by atoms with Crippen LogP contribution < -0.4 is 5.73 Å². The van der Waals surface area contributed by atoms with Crippen molar-refractivity contribution in [2.75, 3.05) is 19.6 Å². The third-order valence-corrected chi connectivity index (χ3v) is 12.0. The number of aliphatic hydroxyl groups is 1. The first kappa shape index (κ1) is 24.8. The Morgan fingerprint density at radius 2 is 1.88 bits per heavy atom. The molecule has 5 aliphatic rings. The highest BCUT2D eigenvalue weighted by Crippen LogP contribution is 2.67. The zero-order valence-corrected chi connectivity index (χ0v) is 22.1. The molecule has 0 aromatic heterocycles. The minimum atomic E-state index is -0.115. The van der Waals surface area contributed by atoms with E-state index in [2.05, 4.69) is 31.7 Å². The molecule has 1 heterocycles. The van der Waals surface area contributed by atoms with Crippen LogP contribution in [0.4, 0.5) is 0 Å². The van der Waals surface area contributed by atoms with Gasteiger partial charge >= 0.3 is 0 Å². The van der Waals surface area contributed by atoms with Gasteiger partial charge in [0.1, 0.15) is 0 Å². The van der Waals surface area contributed by atoms with E-state index in [-0.39, 0.29) is 6.10 Å². The van der Waals surface area contributed by atoms with Crippen LogP contribution in [0.25, 0.3) is 0 Å². The summed E-state index contributed by atoms with van der Waals surface area (Å²) in [5.74, 6) is 4.86. The van der Waals surface area contributed by atoms with Crippen molar-refractivity contribution >= 4 is 5.91 Å². The lowest BCUT2D eigenvalue weighted by Gasteiger charge is -2.58. The van der Waals surface area contributed by atoms with E-state index >= 15 is 0 Å². The topological polar surface area (TPSA) is 66.6 Å². The van der Waals surface area contributed by atoms with Gasteiger partial charge in [-0.15, -0.1) is 0 Å². The molecule has 1 aliphatic heterocycles. The molecule has 5 rings (SSSR count). The Hall–Kier alpha value is -0.870. The van der Waals surface area contributed by atoms with Crippen molar-refractivity contribution in [1.29, 1.82) is 0 Å². The van der Waals surface area contributed by atoms with Crippen LogP contribution in [0.15, 0.2) is 11.6 Å². The monoisotopic (exact) mass is 470 g/mol. The van der Waals surface area contributed by atoms with Crippen LogP contribution in [0.2, 0.25) is 0 Å². The van der Waals surface area contributed by atoms with Crippen molar-refractivity contribution < 1.29 is 9.90 Å². The number of rotatable bonds is 5. The lowest BCUT2D eigenvalue weighted by Crippen LogP contribution is -2.50. The maximum absolute atomic E-state index is 12.9. The number of nitrogens with two attached hydrogens (primary N) is 1. The Morgan fingerprint density at radius 3 is 2.62 bits per heavy atom. The van der Waals surface area contributed by atoms with Gasteiger partial charge < -0.3 is 15.7 Å². The average Bonchev–Trinajstić information content (AvgIpc) is 3.20. The lowest BCUT2D eigenvalue weighted by atomic mass is 9.47. The molecule has 1 amide bonds. The number of likely N-dealkylation sites (tertiary alicyclic amines) is 1. The smallest absolute Gasteiger partial charge is 0.222 e. The number of nitrogens with zero attached hydrogens (tertiary/aromatic N) is 1. The van der Waals surface area contributed by atoms with Gasteiger partial charge in [-0.1, -0.05) is 32.4 Å². The first-order chi connectivity index (χ1) is 16.3. The van der Waals surface area contributed by atoms with Crippen molar-refractivity contribution in [1.82, 2.24) is 4.90 Å². The molecule has 3 N–H and O–H groups in total. The number of carbonyl (C=O) groups is 1. The van der Waals surface area contributed by atoms with Crippen LogP contribution in [-0.2, 0) is 4.79 Å². The van der Waals surface area contributed by atoms with E-state index in [9.17, 15) is 9.90 Å². The van der Waals surface area contributed by atoms with Gasteiger partial charge in [-0.2, -0.15) is 0 Å². The molecule has 0 bridgehead atoms. The van der Waals surface area contributed by atoms with Gasteiger partial charge in [-0.05, 0) is 124 Å². The quantitative estimate of drug-likeness (QED) is 0.519. The van der Waals surface area contributed by atoms with E-state index in [1.807, 2.05) is 0 Å². The third kappa shape index (κ3) is 4.19. The molecular weight excluding hydrogens is 420 g/mol. The van der Waals surface area contributed by atoms with Gasteiger partial charge in [-0.25, -0.2) is 0 Å². The Morgan fingerprint density at radius 1 is 1.12 bits per heavy atom. The summed E-state index contributed by atoms with van der Waals surface area (Å²) in [6, 6.07) is 0. The fraction of sp³-hybridized carbons (Fsp3) is 0.900. The van der Waals surface area contributed by atoms with Crippen molar-refractivity contribution in [3.8, 4) is 0 Å². The summed E-state index contributed by atoms with van der Waals surface area (Å²) in [6.45, 7) is 10.2. The highest BCUT2D eigenvalue weighted by Gasteiger charge is 2.59. The van der Waals surface area contributed by atoms with Gasteiger partial charge in [0, 0.05) is 19.5 Å². The number of piperidine rings is 1. The van der Waals surface area contributed by atoms with E-state index < -0.39 is 0 Å². The lowest BCUT2D eigenvalue weighted by molar-refractivity contribution is -0.133. The molecule has 0 radical (unpaired) electrons. The Kier molecular flexibility index (Phi) is 6.96. The van der Waals surface area contributed by atoms with Crippen LogP contribution in [0.3, 0.4) is 0 Å². The molecule has 0 unspecified atom stereocenters. The Labute approximate surface area is 208 Å². The molecule has 4 aliphatic carbocycles. The highest BCUT2D eigenvalue weighted by molar-refractivity contribution is 5.76. The van der Waals surface area contributed by atoms with E-state index in [4.69, 9.17) is 5.73 Å². The fourth-order valence-electron chi connectivity index (χ4n) is 9.75. The van der Waals surface area contributed by atoms with Gasteiger partial charge in [-0.3, -0.25) is 4.79 Å². The number of amides is 1. The first-order valence-corrected chi connectivity index (χ1v) is 14.6. The number of allylic oxidation sites excluding steroid dienone is 1. The summed E-state index contributed by atoms with van der Waals surface area (Å²) < 4.78 is 0.